The van der Waals surface area contributed by atoms with Crippen LogP contribution in [0.2, 0.25) is 0 Å². The Morgan fingerprint density at radius 1 is 1.25 bits per heavy atom. The molecule has 1 atom stereocenters. The minimum Gasteiger partial charge on any atom is -0.496 e. The lowest BCUT2D eigenvalue weighted by atomic mass is 10.0. The van der Waals surface area contributed by atoms with E-state index in [0.29, 0.717) is 0 Å². The number of aromatic nitrogens is 2. The van der Waals surface area contributed by atoms with E-state index in [9.17, 15) is 0 Å². The third-order valence-electron chi connectivity index (χ3n) is 3.14. The number of methoxy groups -OCH3 is 1. The highest BCUT2D eigenvalue weighted by Crippen LogP contribution is 2.28. The number of nitrogens with zero attached hydrogens (tertiary/aromatic N) is 2. The summed E-state index contributed by atoms with van der Waals surface area (Å²) in [6.07, 6.45) is 2.86. The van der Waals surface area contributed by atoms with Crippen LogP contribution in [0.5, 0.6) is 5.75 Å². The van der Waals surface area contributed by atoms with Crippen molar-refractivity contribution in [2.75, 3.05) is 13.7 Å². The second-order valence-electron chi connectivity index (χ2n) is 4.66. The zero-order valence-corrected chi connectivity index (χ0v) is 12.3. The number of para-hydroxylation sites is 1. The van der Waals surface area contributed by atoms with Crippen LogP contribution in [0.1, 0.15) is 36.5 Å². The van der Waals surface area contributed by atoms with Crippen molar-refractivity contribution in [1.82, 2.24) is 15.3 Å². The van der Waals surface area contributed by atoms with Crippen LogP contribution in [-0.4, -0.2) is 23.6 Å². The summed E-state index contributed by atoms with van der Waals surface area (Å²) in [6, 6.07) is 10.0. The maximum absolute atomic E-state index is 5.47. The lowest BCUT2D eigenvalue weighted by molar-refractivity contribution is 0.403. The molecule has 1 unspecified atom stereocenters. The van der Waals surface area contributed by atoms with Gasteiger partial charge in [-0.3, -0.25) is 0 Å². The van der Waals surface area contributed by atoms with Crippen molar-refractivity contribution in [3.8, 4) is 5.75 Å². The molecule has 0 saturated heterocycles. The summed E-state index contributed by atoms with van der Waals surface area (Å²) in [6.45, 7) is 4.98. The third-order valence-corrected chi connectivity index (χ3v) is 3.14. The fourth-order valence-electron chi connectivity index (χ4n) is 2.20. The van der Waals surface area contributed by atoms with E-state index in [2.05, 4.69) is 28.3 Å². The van der Waals surface area contributed by atoms with Crippen LogP contribution in [0.4, 0.5) is 0 Å². The molecule has 0 radical (unpaired) electrons. The summed E-state index contributed by atoms with van der Waals surface area (Å²) in [4.78, 5) is 8.72. The molecule has 20 heavy (non-hydrogen) atoms. The van der Waals surface area contributed by atoms with Gasteiger partial charge in [-0.05, 0) is 32.0 Å². The van der Waals surface area contributed by atoms with Crippen molar-refractivity contribution in [2.45, 2.75) is 26.3 Å². The predicted molar refractivity (Wildman–Crippen MR) is 79.9 cm³/mol. The van der Waals surface area contributed by atoms with Crippen LogP contribution in [0.25, 0.3) is 0 Å². The van der Waals surface area contributed by atoms with Gasteiger partial charge in [0.25, 0.3) is 0 Å². The SMILES string of the molecule is CCCNC(c1ccnc(C)n1)c1ccccc1OC. The summed E-state index contributed by atoms with van der Waals surface area (Å²) in [5.41, 5.74) is 2.07. The number of nitrogens with one attached hydrogen (secondary N) is 1. The van der Waals surface area contributed by atoms with Crippen molar-refractivity contribution in [2.24, 2.45) is 0 Å². The van der Waals surface area contributed by atoms with Gasteiger partial charge in [0.05, 0.1) is 18.8 Å². The van der Waals surface area contributed by atoms with Crippen LogP contribution in [0, 0.1) is 6.92 Å². The Balaban J connectivity index is 2.41. The molecule has 4 heteroatoms. The highest BCUT2D eigenvalue weighted by atomic mass is 16.5. The molecule has 4 nitrogen and oxygen atoms in total. The molecule has 1 aromatic carbocycles. The maximum Gasteiger partial charge on any atom is 0.125 e. The van der Waals surface area contributed by atoms with E-state index >= 15 is 0 Å². The lowest BCUT2D eigenvalue weighted by Gasteiger charge is -2.21. The second-order valence-corrected chi connectivity index (χ2v) is 4.66. The number of hydrogen-bond donors (Lipinski definition) is 1. The van der Waals surface area contributed by atoms with Gasteiger partial charge < -0.3 is 10.1 Å². The van der Waals surface area contributed by atoms with Crippen LogP contribution in [0.15, 0.2) is 36.5 Å². The molecule has 0 aliphatic carbocycles. The van der Waals surface area contributed by atoms with Crippen LogP contribution in [0.3, 0.4) is 0 Å². The zero-order chi connectivity index (χ0) is 14.4. The summed E-state index contributed by atoms with van der Waals surface area (Å²) in [5.74, 6) is 1.65. The van der Waals surface area contributed by atoms with Crippen molar-refractivity contribution in [3.63, 3.8) is 0 Å². The normalized spacial score (nSPS) is 12.2. The highest BCUT2D eigenvalue weighted by molar-refractivity contribution is 5.39. The fourth-order valence-corrected chi connectivity index (χ4v) is 2.20. The van der Waals surface area contributed by atoms with Crippen LogP contribution in [-0.2, 0) is 0 Å². The average molecular weight is 271 g/mol. The lowest BCUT2D eigenvalue weighted by Crippen LogP contribution is -2.24. The van der Waals surface area contributed by atoms with E-state index in [1.54, 1.807) is 13.3 Å². The molecule has 0 amide bonds. The first-order valence-electron chi connectivity index (χ1n) is 6.92. The van der Waals surface area contributed by atoms with Crippen molar-refractivity contribution >= 4 is 0 Å². The fraction of sp³-hybridized carbons (Fsp3) is 0.375. The standard InChI is InChI=1S/C16H21N3O/c1-4-10-18-16(14-9-11-17-12(2)19-14)13-7-5-6-8-15(13)20-3/h5-9,11,16,18H,4,10H2,1-3H3. The first kappa shape index (κ1) is 14.5. The maximum atomic E-state index is 5.47. The summed E-state index contributed by atoms with van der Waals surface area (Å²) < 4.78 is 5.47. The monoisotopic (exact) mass is 271 g/mol. The number of benzene rings is 1. The predicted octanol–water partition coefficient (Wildman–Crippen LogP) is 2.88. The molecule has 2 aromatic rings. The first-order chi connectivity index (χ1) is 9.76. The molecule has 0 fully saturated rings. The molecular weight excluding hydrogens is 250 g/mol. The van der Waals surface area contributed by atoms with Gasteiger partial charge in [0.1, 0.15) is 11.6 Å². The Labute approximate surface area is 120 Å². The van der Waals surface area contributed by atoms with Gasteiger partial charge in [-0.2, -0.15) is 0 Å². The van der Waals surface area contributed by atoms with Gasteiger partial charge in [0, 0.05) is 11.8 Å². The quantitative estimate of drug-likeness (QED) is 0.877. The number of hydrogen-bond acceptors (Lipinski definition) is 4. The molecular formula is C16H21N3O. The second kappa shape index (κ2) is 7.01. The van der Waals surface area contributed by atoms with E-state index in [-0.39, 0.29) is 6.04 Å². The Morgan fingerprint density at radius 3 is 2.75 bits per heavy atom. The Hall–Kier alpha value is -1.94. The number of rotatable bonds is 6. The smallest absolute Gasteiger partial charge is 0.125 e. The highest BCUT2D eigenvalue weighted by Gasteiger charge is 2.18. The van der Waals surface area contributed by atoms with Crippen molar-refractivity contribution in [3.05, 3.63) is 53.6 Å². The minimum absolute atomic E-state index is 0.0211. The number of ether oxygens (including phenoxy) is 1. The molecule has 106 valence electrons. The molecule has 0 spiro atoms. The van der Waals surface area contributed by atoms with Gasteiger partial charge in [-0.15, -0.1) is 0 Å². The minimum atomic E-state index is 0.0211. The van der Waals surface area contributed by atoms with Gasteiger partial charge >= 0.3 is 0 Å². The van der Waals surface area contributed by atoms with Crippen LogP contribution < -0.4 is 10.1 Å². The Kier molecular flexibility index (Phi) is 5.07. The van der Waals surface area contributed by atoms with Crippen molar-refractivity contribution < 1.29 is 4.74 Å². The molecule has 2 rings (SSSR count). The van der Waals surface area contributed by atoms with E-state index < -0.39 is 0 Å². The molecule has 0 saturated carbocycles. The van der Waals surface area contributed by atoms with E-state index in [1.165, 1.54) is 0 Å². The third kappa shape index (κ3) is 3.33. The molecule has 0 bridgehead atoms. The topological polar surface area (TPSA) is 47.0 Å². The van der Waals surface area contributed by atoms with Crippen molar-refractivity contribution in [1.29, 1.82) is 0 Å². The average Bonchev–Trinajstić information content (AvgIpc) is 2.48. The van der Waals surface area contributed by atoms with Gasteiger partial charge in [-0.1, -0.05) is 25.1 Å². The zero-order valence-electron chi connectivity index (χ0n) is 12.3. The summed E-state index contributed by atoms with van der Waals surface area (Å²) >= 11 is 0. The molecule has 1 heterocycles. The van der Waals surface area contributed by atoms with E-state index in [1.807, 2.05) is 31.2 Å². The van der Waals surface area contributed by atoms with Gasteiger partial charge in [-0.25, -0.2) is 9.97 Å². The largest absolute Gasteiger partial charge is 0.496 e. The molecule has 0 aliphatic rings. The number of aryl methyl sites for hydroxylation is 1. The van der Waals surface area contributed by atoms with Gasteiger partial charge in [0.2, 0.25) is 0 Å². The van der Waals surface area contributed by atoms with Gasteiger partial charge in [0.15, 0.2) is 0 Å². The summed E-state index contributed by atoms with van der Waals surface area (Å²) in [7, 11) is 1.70. The van der Waals surface area contributed by atoms with E-state index in [4.69, 9.17) is 4.74 Å². The van der Waals surface area contributed by atoms with Crippen LogP contribution >= 0.6 is 0 Å². The Bertz CT molecular complexity index is 557. The summed E-state index contributed by atoms with van der Waals surface area (Å²) in [5, 5.41) is 3.53. The Morgan fingerprint density at radius 2 is 2.05 bits per heavy atom. The molecule has 1 aromatic heterocycles. The van der Waals surface area contributed by atoms with E-state index in [0.717, 1.165) is 35.8 Å². The molecule has 0 aliphatic heterocycles. The first-order valence-corrected chi connectivity index (χ1v) is 6.92. The molecule has 1 N–H and O–H groups in total.